The summed E-state index contributed by atoms with van der Waals surface area (Å²) < 4.78 is 0. The molecule has 0 saturated carbocycles. The van der Waals surface area contributed by atoms with Gasteiger partial charge in [0.1, 0.15) is 0 Å². The number of hydrogen-bond acceptors (Lipinski definition) is 3. The number of thioether (sulfide) groups is 1. The molecule has 0 unspecified atom stereocenters. The monoisotopic (exact) mass is 217 g/mol. The van der Waals surface area contributed by atoms with Crippen LogP contribution in [0.25, 0.3) is 10.9 Å². The summed E-state index contributed by atoms with van der Waals surface area (Å²) in [7, 11) is 0. The lowest BCUT2D eigenvalue weighted by Crippen LogP contribution is -1.89. The van der Waals surface area contributed by atoms with Gasteiger partial charge in [-0.2, -0.15) is 0 Å². The molecule has 0 saturated heterocycles. The van der Waals surface area contributed by atoms with Gasteiger partial charge in [0.2, 0.25) is 0 Å². The minimum absolute atomic E-state index is 0.149. The molecular formula is C12H11NOS. The first-order valence-corrected chi connectivity index (χ1v) is 5.72. The van der Waals surface area contributed by atoms with Crippen molar-refractivity contribution in [2.24, 2.45) is 0 Å². The zero-order valence-corrected chi connectivity index (χ0v) is 9.25. The fourth-order valence-electron chi connectivity index (χ4n) is 1.46. The maximum atomic E-state index is 10.9. The van der Waals surface area contributed by atoms with E-state index in [2.05, 4.69) is 4.98 Å². The Hall–Kier alpha value is -1.35. The molecule has 0 aliphatic heterocycles. The second-order valence-corrected chi connectivity index (χ2v) is 4.42. The second-order valence-electron chi connectivity index (χ2n) is 3.27. The lowest BCUT2D eigenvalue weighted by atomic mass is 10.1. The molecule has 0 radical (unpaired) electrons. The van der Waals surface area contributed by atoms with Crippen molar-refractivity contribution in [2.45, 2.75) is 12.7 Å². The van der Waals surface area contributed by atoms with Crippen LogP contribution in [-0.2, 0) is 10.5 Å². The summed E-state index contributed by atoms with van der Waals surface area (Å²) in [5.74, 6) is 0.721. The Morgan fingerprint density at radius 3 is 2.93 bits per heavy atom. The van der Waals surface area contributed by atoms with E-state index in [-0.39, 0.29) is 5.12 Å². The standard InChI is InChI=1S/C12H11NOS/c1-9(14)15-8-10-6-7-13-12-5-3-2-4-11(10)12/h2-7H,8H2,1H3. The number of aromatic nitrogens is 1. The molecule has 1 aromatic heterocycles. The third-order valence-electron chi connectivity index (χ3n) is 2.17. The molecule has 0 spiro atoms. The zero-order chi connectivity index (χ0) is 10.7. The van der Waals surface area contributed by atoms with Crippen molar-refractivity contribution in [2.75, 3.05) is 0 Å². The van der Waals surface area contributed by atoms with Crippen LogP contribution >= 0.6 is 11.8 Å². The van der Waals surface area contributed by atoms with Crippen molar-refractivity contribution >= 4 is 27.8 Å². The quantitative estimate of drug-likeness (QED) is 0.774. The van der Waals surface area contributed by atoms with Gasteiger partial charge in [0, 0.05) is 24.3 Å². The summed E-state index contributed by atoms with van der Waals surface area (Å²) in [5, 5.41) is 1.28. The number of nitrogens with zero attached hydrogens (tertiary/aromatic N) is 1. The highest BCUT2D eigenvalue weighted by Crippen LogP contribution is 2.21. The van der Waals surface area contributed by atoms with Crippen molar-refractivity contribution in [1.82, 2.24) is 4.98 Å². The van der Waals surface area contributed by atoms with E-state index in [1.54, 1.807) is 13.1 Å². The predicted molar refractivity (Wildman–Crippen MR) is 63.7 cm³/mol. The first-order chi connectivity index (χ1) is 7.27. The maximum absolute atomic E-state index is 10.9. The van der Waals surface area contributed by atoms with Crippen LogP contribution < -0.4 is 0 Å². The second kappa shape index (κ2) is 4.45. The van der Waals surface area contributed by atoms with Crippen molar-refractivity contribution in [1.29, 1.82) is 0 Å². The van der Waals surface area contributed by atoms with E-state index in [0.29, 0.717) is 0 Å². The van der Waals surface area contributed by atoms with Crippen molar-refractivity contribution < 1.29 is 4.79 Å². The smallest absolute Gasteiger partial charge is 0.186 e. The maximum Gasteiger partial charge on any atom is 0.186 e. The number of fused-ring (bicyclic) bond motifs is 1. The first kappa shape index (κ1) is 10.2. The summed E-state index contributed by atoms with van der Waals surface area (Å²) in [6.45, 7) is 1.59. The molecule has 76 valence electrons. The van der Waals surface area contributed by atoms with Crippen molar-refractivity contribution in [3.63, 3.8) is 0 Å². The molecule has 0 N–H and O–H groups in total. The Kier molecular flexibility index (Phi) is 3.02. The van der Waals surface area contributed by atoms with Crippen LogP contribution in [0.15, 0.2) is 36.5 Å². The molecule has 3 heteroatoms. The fraction of sp³-hybridized carbons (Fsp3) is 0.167. The van der Waals surface area contributed by atoms with E-state index >= 15 is 0 Å². The van der Waals surface area contributed by atoms with E-state index in [1.807, 2.05) is 30.3 Å². The van der Waals surface area contributed by atoms with Gasteiger partial charge in [-0.1, -0.05) is 30.0 Å². The number of hydrogen-bond donors (Lipinski definition) is 0. The molecular weight excluding hydrogens is 206 g/mol. The molecule has 2 rings (SSSR count). The van der Waals surface area contributed by atoms with Gasteiger partial charge >= 0.3 is 0 Å². The van der Waals surface area contributed by atoms with E-state index in [4.69, 9.17) is 0 Å². The SMILES string of the molecule is CC(=O)SCc1ccnc2ccccc12. The van der Waals surface area contributed by atoms with Crippen LogP contribution in [0.1, 0.15) is 12.5 Å². The first-order valence-electron chi connectivity index (χ1n) is 4.73. The molecule has 0 aliphatic rings. The van der Waals surface area contributed by atoms with Crippen molar-refractivity contribution in [3.8, 4) is 0 Å². The highest BCUT2D eigenvalue weighted by atomic mass is 32.2. The van der Waals surface area contributed by atoms with Crippen LogP contribution in [-0.4, -0.2) is 10.1 Å². The van der Waals surface area contributed by atoms with Gasteiger partial charge in [-0.05, 0) is 17.7 Å². The molecule has 0 aliphatic carbocycles. The number of benzene rings is 1. The average Bonchev–Trinajstić information content (AvgIpc) is 2.26. The summed E-state index contributed by atoms with van der Waals surface area (Å²) in [5.41, 5.74) is 2.15. The summed E-state index contributed by atoms with van der Waals surface area (Å²) in [6, 6.07) is 9.96. The topological polar surface area (TPSA) is 30.0 Å². The predicted octanol–water partition coefficient (Wildman–Crippen LogP) is 3.01. The Bertz CT molecular complexity index is 490. The number of carbonyl (C=O) groups excluding carboxylic acids is 1. The molecule has 2 aromatic rings. The molecule has 0 atom stereocenters. The van der Waals surface area contributed by atoms with Gasteiger partial charge in [0.25, 0.3) is 0 Å². The van der Waals surface area contributed by atoms with Gasteiger partial charge in [0.15, 0.2) is 5.12 Å². The molecule has 1 aromatic carbocycles. The Balaban J connectivity index is 2.38. The van der Waals surface area contributed by atoms with Crippen LogP contribution in [0.5, 0.6) is 0 Å². The van der Waals surface area contributed by atoms with E-state index < -0.39 is 0 Å². The highest BCUT2D eigenvalue weighted by Gasteiger charge is 2.02. The summed E-state index contributed by atoms with van der Waals surface area (Å²) in [4.78, 5) is 15.2. The number of rotatable bonds is 2. The molecule has 1 heterocycles. The van der Waals surface area contributed by atoms with Gasteiger partial charge in [0.05, 0.1) is 5.52 Å². The Labute approximate surface area is 92.7 Å². The molecule has 2 nitrogen and oxygen atoms in total. The third kappa shape index (κ3) is 2.36. The molecule has 15 heavy (non-hydrogen) atoms. The summed E-state index contributed by atoms with van der Waals surface area (Å²) >= 11 is 1.33. The minimum Gasteiger partial charge on any atom is -0.288 e. The molecule has 0 bridgehead atoms. The largest absolute Gasteiger partial charge is 0.288 e. The minimum atomic E-state index is 0.149. The van der Waals surface area contributed by atoms with Crippen LogP contribution in [0.4, 0.5) is 0 Å². The summed E-state index contributed by atoms with van der Waals surface area (Å²) in [6.07, 6.45) is 1.79. The van der Waals surface area contributed by atoms with Crippen LogP contribution in [0.2, 0.25) is 0 Å². The Morgan fingerprint density at radius 2 is 2.13 bits per heavy atom. The van der Waals surface area contributed by atoms with Gasteiger partial charge in [-0.15, -0.1) is 0 Å². The number of para-hydroxylation sites is 1. The van der Waals surface area contributed by atoms with Crippen LogP contribution in [0, 0.1) is 0 Å². The number of carbonyl (C=O) groups is 1. The number of pyridine rings is 1. The highest BCUT2D eigenvalue weighted by molar-refractivity contribution is 8.12. The zero-order valence-electron chi connectivity index (χ0n) is 8.43. The fourth-order valence-corrected chi connectivity index (χ4v) is 2.07. The van der Waals surface area contributed by atoms with Crippen LogP contribution in [0.3, 0.4) is 0 Å². The lowest BCUT2D eigenvalue weighted by Gasteiger charge is -2.03. The van der Waals surface area contributed by atoms with Gasteiger partial charge < -0.3 is 0 Å². The molecule has 0 amide bonds. The van der Waals surface area contributed by atoms with E-state index in [9.17, 15) is 4.79 Å². The van der Waals surface area contributed by atoms with E-state index in [1.165, 1.54) is 17.3 Å². The lowest BCUT2D eigenvalue weighted by molar-refractivity contribution is -0.109. The normalized spacial score (nSPS) is 10.5. The Morgan fingerprint density at radius 1 is 1.33 bits per heavy atom. The van der Waals surface area contributed by atoms with Gasteiger partial charge in [-0.25, -0.2) is 0 Å². The van der Waals surface area contributed by atoms with Gasteiger partial charge in [-0.3, -0.25) is 9.78 Å². The van der Waals surface area contributed by atoms with Crippen molar-refractivity contribution in [3.05, 3.63) is 42.1 Å². The third-order valence-corrected chi connectivity index (χ3v) is 3.03. The molecule has 0 fully saturated rings. The van der Waals surface area contributed by atoms with E-state index in [0.717, 1.165) is 16.7 Å². The average molecular weight is 217 g/mol.